The van der Waals surface area contributed by atoms with Gasteiger partial charge < -0.3 is 14.6 Å². The molecule has 0 radical (unpaired) electrons. The minimum absolute atomic E-state index is 0.00768. The molecule has 0 aromatic heterocycles. The van der Waals surface area contributed by atoms with E-state index in [1.807, 2.05) is 6.92 Å². The summed E-state index contributed by atoms with van der Waals surface area (Å²) in [5.41, 5.74) is 1.52. The van der Waals surface area contributed by atoms with Gasteiger partial charge in [-0.25, -0.2) is 9.59 Å². The van der Waals surface area contributed by atoms with Crippen molar-refractivity contribution < 1.29 is 24.2 Å². The van der Waals surface area contributed by atoms with Crippen LogP contribution in [0.15, 0.2) is 42.5 Å². The Morgan fingerprint density at radius 2 is 1.70 bits per heavy atom. The minimum Gasteiger partial charge on any atom is -0.508 e. The number of hydrogen-bond acceptors (Lipinski definition) is 5. The minimum atomic E-state index is -0.517. The summed E-state index contributed by atoms with van der Waals surface area (Å²) >= 11 is 0. The number of carbonyl (C=O) groups excluding carboxylic acids is 2. The van der Waals surface area contributed by atoms with E-state index in [4.69, 9.17) is 9.47 Å². The number of hydrogen-bond donors (Lipinski definition) is 1. The maximum absolute atomic E-state index is 12.2. The zero-order valence-electron chi connectivity index (χ0n) is 13.0. The SMILES string of the molecule is CCCOC(=O)c1ccc(O)cc1-c1ccccc1C(=O)OC. The van der Waals surface area contributed by atoms with Gasteiger partial charge in [0, 0.05) is 5.56 Å². The lowest BCUT2D eigenvalue weighted by Crippen LogP contribution is -2.09. The molecule has 0 spiro atoms. The molecule has 0 heterocycles. The van der Waals surface area contributed by atoms with Gasteiger partial charge in [0.15, 0.2) is 0 Å². The molecule has 0 aliphatic carbocycles. The van der Waals surface area contributed by atoms with Gasteiger partial charge in [-0.05, 0) is 36.2 Å². The van der Waals surface area contributed by atoms with E-state index in [9.17, 15) is 14.7 Å². The lowest BCUT2D eigenvalue weighted by atomic mass is 9.95. The van der Waals surface area contributed by atoms with Crippen LogP contribution in [0.4, 0.5) is 0 Å². The van der Waals surface area contributed by atoms with E-state index in [2.05, 4.69) is 0 Å². The highest BCUT2D eigenvalue weighted by molar-refractivity contribution is 6.03. The van der Waals surface area contributed by atoms with E-state index in [1.165, 1.54) is 25.3 Å². The Hall–Kier alpha value is -2.82. The first-order chi connectivity index (χ1) is 11.1. The van der Waals surface area contributed by atoms with Crippen LogP contribution in [-0.4, -0.2) is 30.8 Å². The van der Waals surface area contributed by atoms with Gasteiger partial charge in [-0.1, -0.05) is 25.1 Å². The van der Waals surface area contributed by atoms with Crippen molar-refractivity contribution in [2.45, 2.75) is 13.3 Å². The third kappa shape index (κ3) is 3.69. The van der Waals surface area contributed by atoms with Crippen molar-refractivity contribution >= 4 is 11.9 Å². The summed E-state index contributed by atoms with van der Waals surface area (Å²) in [7, 11) is 1.29. The van der Waals surface area contributed by atoms with Crippen LogP contribution in [0.1, 0.15) is 34.1 Å². The van der Waals surface area contributed by atoms with Crippen LogP contribution in [-0.2, 0) is 9.47 Å². The summed E-state index contributed by atoms with van der Waals surface area (Å²) in [6.45, 7) is 2.20. The fourth-order valence-corrected chi connectivity index (χ4v) is 2.21. The number of methoxy groups -OCH3 is 1. The van der Waals surface area contributed by atoms with Gasteiger partial charge in [0.2, 0.25) is 0 Å². The summed E-state index contributed by atoms with van der Waals surface area (Å²) in [4.78, 5) is 24.2. The predicted molar refractivity (Wildman–Crippen MR) is 85.5 cm³/mol. The maximum atomic E-state index is 12.2. The summed E-state index contributed by atoms with van der Waals surface area (Å²) in [5.74, 6) is -1.02. The van der Waals surface area contributed by atoms with Crippen molar-refractivity contribution in [1.82, 2.24) is 0 Å². The first-order valence-corrected chi connectivity index (χ1v) is 7.26. The Morgan fingerprint density at radius 1 is 1.00 bits per heavy atom. The molecule has 0 aliphatic rings. The predicted octanol–water partition coefficient (Wildman–Crippen LogP) is 3.41. The average molecular weight is 314 g/mol. The molecule has 0 unspecified atom stereocenters. The largest absolute Gasteiger partial charge is 0.508 e. The number of rotatable bonds is 5. The Morgan fingerprint density at radius 3 is 2.39 bits per heavy atom. The van der Waals surface area contributed by atoms with Gasteiger partial charge >= 0.3 is 11.9 Å². The second-order valence-electron chi connectivity index (χ2n) is 4.90. The molecule has 120 valence electrons. The first-order valence-electron chi connectivity index (χ1n) is 7.26. The number of phenols is 1. The third-order valence-corrected chi connectivity index (χ3v) is 3.28. The maximum Gasteiger partial charge on any atom is 0.338 e. The molecule has 5 nitrogen and oxygen atoms in total. The normalized spacial score (nSPS) is 10.2. The smallest absolute Gasteiger partial charge is 0.338 e. The molecule has 2 aromatic carbocycles. The highest BCUT2D eigenvalue weighted by Gasteiger charge is 2.19. The Labute approximate surface area is 134 Å². The van der Waals surface area contributed by atoms with Crippen LogP contribution in [0.2, 0.25) is 0 Å². The second kappa shape index (κ2) is 7.45. The Kier molecular flexibility index (Phi) is 5.36. The first kappa shape index (κ1) is 16.5. The van der Waals surface area contributed by atoms with Crippen LogP contribution in [0, 0.1) is 0 Å². The van der Waals surface area contributed by atoms with Gasteiger partial charge in [0.25, 0.3) is 0 Å². The monoisotopic (exact) mass is 314 g/mol. The van der Waals surface area contributed by atoms with E-state index < -0.39 is 11.9 Å². The molecule has 1 N–H and O–H groups in total. The van der Waals surface area contributed by atoms with Gasteiger partial charge in [-0.2, -0.15) is 0 Å². The van der Waals surface area contributed by atoms with E-state index in [1.54, 1.807) is 24.3 Å². The molecule has 0 saturated carbocycles. The van der Waals surface area contributed by atoms with Gasteiger partial charge in [0.05, 0.1) is 24.8 Å². The van der Waals surface area contributed by atoms with Crippen molar-refractivity contribution in [2.24, 2.45) is 0 Å². The van der Waals surface area contributed by atoms with E-state index in [0.717, 1.165) is 0 Å². The van der Waals surface area contributed by atoms with Crippen LogP contribution in [0.25, 0.3) is 11.1 Å². The van der Waals surface area contributed by atoms with Crippen molar-refractivity contribution in [1.29, 1.82) is 0 Å². The molecule has 0 aliphatic heterocycles. The molecule has 2 aromatic rings. The van der Waals surface area contributed by atoms with Crippen LogP contribution < -0.4 is 0 Å². The molecule has 0 saturated heterocycles. The fourth-order valence-electron chi connectivity index (χ4n) is 2.21. The highest BCUT2D eigenvalue weighted by atomic mass is 16.5. The number of phenolic OH excluding ortho intramolecular Hbond substituents is 1. The van der Waals surface area contributed by atoms with E-state index >= 15 is 0 Å². The number of benzene rings is 2. The van der Waals surface area contributed by atoms with Crippen molar-refractivity contribution in [3.63, 3.8) is 0 Å². The number of esters is 2. The second-order valence-corrected chi connectivity index (χ2v) is 4.90. The molecule has 0 atom stereocenters. The van der Waals surface area contributed by atoms with E-state index in [-0.39, 0.29) is 11.3 Å². The molecule has 0 bridgehead atoms. The molecule has 0 fully saturated rings. The van der Waals surface area contributed by atoms with Crippen molar-refractivity contribution in [3.05, 3.63) is 53.6 Å². The Balaban J connectivity index is 2.57. The topological polar surface area (TPSA) is 72.8 Å². The average Bonchev–Trinajstić information content (AvgIpc) is 2.58. The summed E-state index contributed by atoms with van der Waals surface area (Å²) in [6.07, 6.45) is 0.706. The third-order valence-electron chi connectivity index (χ3n) is 3.28. The van der Waals surface area contributed by atoms with E-state index in [0.29, 0.717) is 29.7 Å². The molecule has 23 heavy (non-hydrogen) atoms. The number of ether oxygens (including phenoxy) is 2. The van der Waals surface area contributed by atoms with Crippen LogP contribution >= 0.6 is 0 Å². The summed E-state index contributed by atoms with van der Waals surface area (Å²) < 4.78 is 9.95. The quantitative estimate of drug-likeness (QED) is 0.856. The standard InChI is InChI=1S/C18H18O5/c1-3-10-23-18(21)15-9-8-12(19)11-16(15)13-6-4-5-7-14(13)17(20)22-2/h4-9,11,19H,3,10H2,1-2H3. The number of aromatic hydroxyl groups is 1. The fraction of sp³-hybridized carbons (Fsp3) is 0.222. The zero-order valence-corrected chi connectivity index (χ0v) is 13.0. The Bertz CT molecular complexity index is 721. The molecule has 5 heteroatoms. The highest BCUT2D eigenvalue weighted by Crippen LogP contribution is 2.31. The van der Waals surface area contributed by atoms with Gasteiger partial charge in [-0.3, -0.25) is 0 Å². The molecule has 2 rings (SSSR count). The summed E-state index contributed by atoms with van der Waals surface area (Å²) in [6, 6.07) is 11.1. The van der Waals surface area contributed by atoms with Crippen molar-refractivity contribution in [2.75, 3.05) is 13.7 Å². The lowest BCUT2D eigenvalue weighted by Gasteiger charge is -2.13. The molecular formula is C18H18O5. The van der Waals surface area contributed by atoms with Gasteiger partial charge in [0.1, 0.15) is 5.75 Å². The summed E-state index contributed by atoms with van der Waals surface area (Å²) in [5, 5.41) is 9.78. The van der Waals surface area contributed by atoms with Crippen LogP contribution in [0.5, 0.6) is 5.75 Å². The zero-order chi connectivity index (χ0) is 16.8. The molecular weight excluding hydrogens is 296 g/mol. The van der Waals surface area contributed by atoms with Gasteiger partial charge in [-0.15, -0.1) is 0 Å². The molecule has 0 amide bonds. The van der Waals surface area contributed by atoms with Crippen molar-refractivity contribution in [3.8, 4) is 16.9 Å². The lowest BCUT2D eigenvalue weighted by molar-refractivity contribution is 0.0504. The number of carbonyl (C=O) groups is 2. The van der Waals surface area contributed by atoms with Crippen LogP contribution in [0.3, 0.4) is 0 Å².